The number of nitrogens with zero attached hydrogens (tertiary/aromatic N) is 3. The first-order chi connectivity index (χ1) is 9.58. The van der Waals surface area contributed by atoms with Crippen LogP contribution in [0.1, 0.15) is 11.3 Å². The fraction of sp³-hybridized carbons (Fsp3) is 0.0769. The maximum absolute atomic E-state index is 11.9. The highest BCUT2D eigenvalue weighted by Crippen LogP contribution is 2.17. The smallest absolute Gasteiger partial charge is 0.230 e. The number of pyridine rings is 2. The second-order valence-corrected chi connectivity index (χ2v) is 5.65. The summed E-state index contributed by atoms with van der Waals surface area (Å²) in [5.74, 6) is 0.126. The number of rotatable bonds is 3. The first kappa shape index (κ1) is 14.6. The first-order valence-corrected chi connectivity index (χ1v) is 7.13. The molecule has 20 heavy (non-hydrogen) atoms. The summed E-state index contributed by atoms with van der Waals surface area (Å²) in [6.45, 7) is 0. The minimum absolute atomic E-state index is 0.187. The van der Waals surface area contributed by atoms with Gasteiger partial charge in [-0.15, -0.1) is 0 Å². The van der Waals surface area contributed by atoms with Crippen molar-refractivity contribution in [2.45, 2.75) is 6.42 Å². The number of carbonyl (C=O) groups excluding carboxylic acids is 1. The van der Waals surface area contributed by atoms with Crippen molar-refractivity contribution in [1.82, 2.24) is 9.97 Å². The van der Waals surface area contributed by atoms with E-state index in [1.54, 1.807) is 24.5 Å². The number of nitriles is 1. The van der Waals surface area contributed by atoms with Gasteiger partial charge in [0, 0.05) is 16.9 Å². The monoisotopic (exact) mass is 394 g/mol. The summed E-state index contributed by atoms with van der Waals surface area (Å²) >= 11 is 6.51. The maximum atomic E-state index is 11.9. The molecule has 2 aromatic rings. The van der Waals surface area contributed by atoms with Gasteiger partial charge in [-0.25, -0.2) is 4.98 Å². The van der Waals surface area contributed by atoms with E-state index in [-0.39, 0.29) is 18.0 Å². The molecule has 0 bridgehead atoms. The summed E-state index contributed by atoms with van der Waals surface area (Å²) in [6.07, 6.45) is 3.46. The number of hydrogen-bond acceptors (Lipinski definition) is 4. The van der Waals surface area contributed by atoms with Gasteiger partial charge in [0.15, 0.2) is 5.69 Å². The molecule has 1 N–H and O–H groups in total. The van der Waals surface area contributed by atoms with Gasteiger partial charge in [-0.05, 0) is 55.6 Å². The lowest BCUT2D eigenvalue weighted by molar-refractivity contribution is -0.115. The lowest BCUT2D eigenvalue weighted by Crippen LogP contribution is -2.15. The molecule has 0 spiro atoms. The predicted octanol–water partition coefficient (Wildman–Crippen LogP) is 3.05. The Morgan fingerprint density at radius 2 is 2.15 bits per heavy atom. The predicted molar refractivity (Wildman–Crippen MR) is 80.9 cm³/mol. The molecule has 0 aliphatic heterocycles. The summed E-state index contributed by atoms with van der Waals surface area (Å²) < 4.78 is 1.41. The van der Waals surface area contributed by atoms with Crippen LogP contribution in [0, 0.1) is 11.3 Å². The molecule has 7 heteroatoms. The highest BCUT2D eigenvalue weighted by atomic mass is 79.9. The lowest BCUT2D eigenvalue weighted by Gasteiger charge is -2.05. The second kappa shape index (κ2) is 6.59. The molecule has 0 saturated heterocycles. The number of carbonyl (C=O) groups is 1. The van der Waals surface area contributed by atoms with Crippen molar-refractivity contribution < 1.29 is 4.79 Å². The second-order valence-electron chi connectivity index (χ2n) is 3.88. The van der Waals surface area contributed by atoms with Gasteiger partial charge >= 0.3 is 0 Å². The molecule has 0 unspecified atom stereocenters. The van der Waals surface area contributed by atoms with Gasteiger partial charge in [0.2, 0.25) is 5.91 Å². The van der Waals surface area contributed by atoms with Gasteiger partial charge in [0.25, 0.3) is 0 Å². The van der Waals surface area contributed by atoms with Crippen molar-refractivity contribution in [3.63, 3.8) is 0 Å². The number of nitrogens with one attached hydrogen (secondary N) is 1. The number of amides is 1. The van der Waals surface area contributed by atoms with Crippen molar-refractivity contribution in [2.75, 3.05) is 5.32 Å². The van der Waals surface area contributed by atoms with E-state index in [4.69, 9.17) is 5.26 Å². The average molecular weight is 396 g/mol. The van der Waals surface area contributed by atoms with Crippen molar-refractivity contribution in [1.29, 1.82) is 5.26 Å². The molecule has 100 valence electrons. The van der Waals surface area contributed by atoms with Crippen molar-refractivity contribution >= 4 is 43.6 Å². The van der Waals surface area contributed by atoms with Crippen LogP contribution in [-0.4, -0.2) is 15.9 Å². The van der Waals surface area contributed by atoms with Gasteiger partial charge in [-0.1, -0.05) is 0 Å². The zero-order valence-corrected chi connectivity index (χ0v) is 13.3. The number of halogens is 2. The van der Waals surface area contributed by atoms with E-state index in [2.05, 4.69) is 47.1 Å². The fourth-order valence-electron chi connectivity index (χ4n) is 1.52. The Morgan fingerprint density at radius 3 is 2.85 bits per heavy atom. The molecular weight excluding hydrogens is 388 g/mol. The van der Waals surface area contributed by atoms with E-state index < -0.39 is 0 Å². The van der Waals surface area contributed by atoms with E-state index in [1.165, 1.54) is 0 Å². The maximum Gasteiger partial charge on any atom is 0.230 e. The number of hydrogen-bond donors (Lipinski definition) is 1. The van der Waals surface area contributed by atoms with Crippen LogP contribution in [0.4, 0.5) is 5.82 Å². The molecule has 0 aliphatic carbocycles. The molecule has 2 aromatic heterocycles. The minimum atomic E-state index is -0.219. The molecule has 2 heterocycles. The Balaban J connectivity index is 2.07. The minimum Gasteiger partial charge on any atom is -0.310 e. The van der Waals surface area contributed by atoms with E-state index in [1.807, 2.05) is 12.1 Å². The Hall–Kier alpha value is -1.78. The van der Waals surface area contributed by atoms with Gasteiger partial charge in [-0.2, -0.15) is 5.26 Å². The van der Waals surface area contributed by atoms with E-state index >= 15 is 0 Å². The molecule has 0 aromatic carbocycles. The van der Waals surface area contributed by atoms with Gasteiger partial charge in [0.1, 0.15) is 11.9 Å². The van der Waals surface area contributed by atoms with Gasteiger partial charge in [0.05, 0.1) is 10.9 Å². The fourth-order valence-corrected chi connectivity index (χ4v) is 2.24. The first-order valence-electron chi connectivity index (χ1n) is 5.54. The molecule has 0 radical (unpaired) electrons. The third-order valence-corrected chi connectivity index (χ3v) is 3.42. The van der Waals surface area contributed by atoms with E-state index in [0.29, 0.717) is 10.3 Å². The molecular formula is C13H8Br2N4O. The summed E-state index contributed by atoms with van der Waals surface area (Å²) in [5, 5.41) is 11.5. The Labute approximate surface area is 132 Å². The Bertz CT molecular complexity index is 697. The van der Waals surface area contributed by atoms with Crippen LogP contribution in [0.15, 0.2) is 39.5 Å². The number of aromatic nitrogens is 2. The van der Waals surface area contributed by atoms with Crippen molar-refractivity contribution in [2.24, 2.45) is 0 Å². The molecule has 0 aliphatic rings. The van der Waals surface area contributed by atoms with Crippen LogP contribution in [0.25, 0.3) is 0 Å². The standard InChI is InChI=1S/C13H8Br2N4O/c14-9-3-8(6-17-7-9)4-13(20)19-12-2-1-10(15)11(5-16)18-12/h1-3,6-7H,4H2,(H,18,19,20). The van der Waals surface area contributed by atoms with Crippen LogP contribution in [0.3, 0.4) is 0 Å². The van der Waals surface area contributed by atoms with Crippen LogP contribution < -0.4 is 5.32 Å². The molecule has 1 amide bonds. The largest absolute Gasteiger partial charge is 0.310 e. The lowest BCUT2D eigenvalue weighted by atomic mass is 10.2. The van der Waals surface area contributed by atoms with Crippen LogP contribution >= 0.6 is 31.9 Å². The molecule has 5 nitrogen and oxygen atoms in total. The summed E-state index contributed by atoms with van der Waals surface area (Å²) in [5.41, 5.74) is 1.02. The van der Waals surface area contributed by atoms with Crippen molar-refractivity contribution in [3.05, 3.63) is 50.8 Å². The van der Waals surface area contributed by atoms with Gasteiger partial charge < -0.3 is 5.32 Å². The summed E-state index contributed by atoms with van der Waals surface area (Å²) in [6, 6.07) is 7.06. The molecule has 2 rings (SSSR count). The molecule has 0 saturated carbocycles. The van der Waals surface area contributed by atoms with Crippen molar-refractivity contribution in [3.8, 4) is 6.07 Å². The quantitative estimate of drug-likeness (QED) is 0.866. The summed E-state index contributed by atoms with van der Waals surface area (Å²) in [4.78, 5) is 19.9. The normalized spacial score (nSPS) is 9.85. The number of anilines is 1. The molecule has 0 atom stereocenters. The SMILES string of the molecule is N#Cc1nc(NC(=O)Cc2cncc(Br)c2)ccc1Br. The van der Waals surface area contributed by atoms with E-state index in [0.717, 1.165) is 10.0 Å². The molecule has 0 fully saturated rings. The van der Waals surface area contributed by atoms with Crippen LogP contribution in [0.2, 0.25) is 0 Å². The topological polar surface area (TPSA) is 78.7 Å². The Kier molecular flexibility index (Phi) is 4.82. The zero-order chi connectivity index (χ0) is 14.5. The van der Waals surface area contributed by atoms with Crippen LogP contribution in [-0.2, 0) is 11.2 Å². The highest BCUT2D eigenvalue weighted by molar-refractivity contribution is 9.10. The summed E-state index contributed by atoms with van der Waals surface area (Å²) in [7, 11) is 0. The van der Waals surface area contributed by atoms with E-state index in [9.17, 15) is 4.79 Å². The third kappa shape index (κ3) is 3.85. The highest BCUT2D eigenvalue weighted by Gasteiger charge is 2.08. The van der Waals surface area contributed by atoms with Gasteiger partial charge in [-0.3, -0.25) is 9.78 Å². The zero-order valence-electron chi connectivity index (χ0n) is 10.1. The third-order valence-electron chi connectivity index (χ3n) is 2.35. The Morgan fingerprint density at radius 1 is 1.35 bits per heavy atom. The van der Waals surface area contributed by atoms with Crippen LogP contribution in [0.5, 0.6) is 0 Å². The average Bonchev–Trinajstić information content (AvgIpc) is 2.41.